The topological polar surface area (TPSA) is 78.7 Å². The number of methoxy groups -OCH3 is 3. The Hall–Kier alpha value is -2.77. The number of nitrogens with zero attached hydrogens (tertiary/aromatic N) is 4. The Kier molecular flexibility index (Phi) is 4.63. The Morgan fingerprint density at radius 3 is 2.52 bits per heavy atom. The zero-order chi connectivity index (χ0) is 19.0. The molecule has 8 nitrogen and oxygen atoms in total. The third kappa shape index (κ3) is 3.20. The number of aromatic nitrogens is 3. The van der Waals surface area contributed by atoms with Crippen LogP contribution in [0, 0.1) is 0 Å². The Labute approximate surface area is 158 Å². The molecular formula is C19H24N4O4. The molecule has 1 saturated heterocycles. The van der Waals surface area contributed by atoms with Gasteiger partial charge in [-0.3, -0.25) is 4.79 Å². The van der Waals surface area contributed by atoms with Gasteiger partial charge in [0.1, 0.15) is 0 Å². The second kappa shape index (κ2) is 7.09. The molecule has 2 aliphatic rings. The lowest BCUT2D eigenvalue weighted by molar-refractivity contribution is 0.0782. The number of amides is 1. The van der Waals surface area contributed by atoms with Crippen LogP contribution in [0.2, 0.25) is 0 Å². The highest BCUT2D eigenvalue weighted by Gasteiger charge is 2.33. The van der Waals surface area contributed by atoms with Crippen molar-refractivity contribution < 1.29 is 19.0 Å². The minimum Gasteiger partial charge on any atom is -0.493 e. The number of hydrogen-bond donors (Lipinski definition) is 0. The van der Waals surface area contributed by atoms with E-state index in [4.69, 9.17) is 14.2 Å². The molecule has 27 heavy (non-hydrogen) atoms. The van der Waals surface area contributed by atoms with Crippen molar-refractivity contribution in [2.24, 2.45) is 0 Å². The van der Waals surface area contributed by atoms with Crippen LogP contribution in [0.5, 0.6) is 17.2 Å². The molecule has 0 spiro atoms. The molecule has 1 atom stereocenters. The molecular weight excluding hydrogens is 348 g/mol. The summed E-state index contributed by atoms with van der Waals surface area (Å²) in [5.41, 5.74) is 1.54. The number of hydrogen-bond acceptors (Lipinski definition) is 6. The summed E-state index contributed by atoms with van der Waals surface area (Å²) in [4.78, 5) is 14.9. The van der Waals surface area contributed by atoms with Crippen LogP contribution in [0.25, 0.3) is 0 Å². The Morgan fingerprint density at radius 1 is 1.07 bits per heavy atom. The van der Waals surface area contributed by atoms with E-state index in [0.717, 1.165) is 12.1 Å². The zero-order valence-corrected chi connectivity index (χ0v) is 15.8. The van der Waals surface area contributed by atoms with Crippen LogP contribution in [-0.2, 0) is 0 Å². The Balaban J connectivity index is 1.53. The van der Waals surface area contributed by atoms with E-state index in [-0.39, 0.29) is 11.9 Å². The van der Waals surface area contributed by atoms with Crippen molar-refractivity contribution in [3.63, 3.8) is 0 Å². The molecule has 4 rings (SSSR count). The van der Waals surface area contributed by atoms with Gasteiger partial charge < -0.3 is 19.1 Å². The number of ether oxygens (including phenoxy) is 3. The van der Waals surface area contributed by atoms with E-state index in [1.165, 1.54) is 27.1 Å². The second-order valence-corrected chi connectivity index (χ2v) is 6.97. The van der Waals surface area contributed by atoms with Gasteiger partial charge in [-0.25, -0.2) is 4.68 Å². The smallest absolute Gasteiger partial charge is 0.257 e. The summed E-state index contributed by atoms with van der Waals surface area (Å²) in [6.45, 7) is 1.27. The molecule has 2 fully saturated rings. The lowest BCUT2D eigenvalue weighted by atomic mass is 10.1. The highest BCUT2D eigenvalue weighted by atomic mass is 16.5. The molecule has 144 valence electrons. The van der Waals surface area contributed by atoms with Crippen LogP contribution in [0.3, 0.4) is 0 Å². The lowest BCUT2D eigenvalue weighted by Gasteiger charge is -2.20. The summed E-state index contributed by atoms with van der Waals surface area (Å²) in [6, 6.07) is 3.60. The zero-order valence-electron chi connectivity index (χ0n) is 15.8. The van der Waals surface area contributed by atoms with Crippen molar-refractivity contribution in [2.75, 3.05) is 34.4 Å². The van der Waals surface area contributed by atoms with Gasteiger partial charge >= 0.3 is 0 Å². The molecule has 1 unspecified atom stereocenters. The largest absolute Gasteiger partial charge is 0.493 e. The lowest BCUT2D eigenvalue weighted by Crippen LogP contribution is -2.29. The van der Waals surface area contributed by atoms with E-state index in [2.05, 4.69) is 10.3 Å². The average Bonchev–Trinajstić information content (AvgIpc) is 3.22. The number of carbonyl (C=O) groups excluding carboxylic acids is 1. The first-order valence-electron chi connectivity index (χ1n) is 9.16. The molecule has 1 aromatic carbocycles. The van der Waals surface area contributed by atoms with Crippen LogP contribution in [0.4, 0.5) is 0 Å². The fraction of sp³-hybridized carbons (Fsp3) is 0.526. The van der Waals surface area contributed by atoms with Crippen molar-refractivity contribution in [3.05, 3.63) is 29.6 Å². The number of benzene rings is 1. The van der Waals surface area contributed by atoms with Gasteiger partial charge in [0.15, 0.2) is 11.5 Å². The van der Waals surface area contributed by atoms with Crippen molar-refractivity contribution in [3.8, 4) is 17.2 Å². The maximum absolute atomic E-state index is 13.1. The predicted octanol–water partition coefficient (Wildman–Crippen LogP) is 2.27. The number of carbonyl (C=O) groups is 1. The van der Waals surface area contributed by atoms with E-state index in [9.17, 15) is 4.79 Å². The monoisotopic (exact) mass is 372 g/mol. The van der Waals surface area contributed by atoms with E-state index in [0.29, 0.717) is 41.8 Å². The summed E-state index contributed by atoms with van der Waals surface area (Å²) in [7, 11) is 4.61. The quantitative estimate of drug-likeness (QED) is 0.774. The molecule has 2 aromatic rings. The minimum absolute atomic E-state index is 0.0853. The molecule has 8 heteroatoms. The Morgan fingerprint density at radius 2 is 1.85 bits per heavy atom. The van der Waals surface area contributed by atoms with Crippen molar-refractivity contribution >= 4 is 5.91 Å². The summed E-state index contributed by atoms with van der Waals surface area (Å²) < 4.78 is 18.1. The van der Waals surface area contributed by atoms with Crippen LogP contribution in [0.1, 0.15) is 47.3 Å². The van der Waals surface area contributed by atoms with Gasteiger partial charge in [0.2, 0.25) is 5.75 Å². The molecule has 0 radical (unpaired) electrons. The molecule has 1 aromatic heterocycles. The van der Waals surface area contributed by atoms with Gasteiger partial charge in [-0.1, -0.05) is 5.21 Å². The van der Waals surface area contributed by atoms with Crippen LogP contribution >= 0.6 is 0 Å². The highest BCUT2D eigenvalue weighted by Crippen LogP contribution is 2.41. The number of likely N-dealkylation sites (tertiary alicyclic amines) is 1. The maximum Gasteiger partial charge on any atom is 0.257 e. The minimum atomic E-state index is -0.0853. The molecule has 2 heterocycles. The molecule has 0 N–H and O–H groups in total. The van der Waals surface area contributed by atoms with E-state index in [1.54, 1.807) is 19.2 Å². The molecule has 0 bridgehead atoms. The van der Waals surface area contributed by atoms with Gasteiger partial charge in [0, 0.05) is 25.2 Å². The first-order chi connectivity index (χ1) is 13.2. The molecule has 1 saturated carbocycles. The van der Waals surface area contributed by atoms with Crippen LogP contribution in [0.15, 0.2) is 18.3 Å². The standard InChI is InChI=1S/C19H24N4O4/c1-25-16-7-6-14(17(26-2)18(16)27-3)19(24)22-9-8-13(10-22)23-11-15(20-21-23)12-4-5-12/h6-7,11-13H,4-5,8-10H2,1-3H3. The van der Waals surface area contributed by atoms with Crippen molar-refractivity contribution in [1.29, 1.82) is 0 Å². The number of rotatable bonds is 6. The molecule has 1 amide bonds. The third-order valence-electron chi connectivity index (χ3n) is 5.28. The Bertz CT molecular complexity index is 846. The van der Waals surface area contributed by atoms with Gasteiger partial charge in [-0.05, 0) is 31.4 Å². The fourth-order valence-corrected chi connectivity index (χ4v) is 3.62. The summed E-state index contributed by atoms with van der Waals surface area (Å²) in [5.74, 6) is 1.83. The van der Waals surface area contributed by atoms with Crippen LogP contribution in [-0.4, -0.2) is 60.2 Å². The van der Waals surface area contributed by atoms with Crippen LogP contribution < -0.4 is 14.2 Å². The third-order valence-corrected chi connectivity index (χ3v) is 5.28. The van der Waals surface area contributed by atoms with Gasteiger partial charge in [0.25, 0.3) is 5.91 Å². The summed E-state index contributed by atoms with van der Waals surface area (Å²) >= 11 is 0. The second-order valence-electron chi connectivity index (χ2n) is 6.97. The molecule has 1 aliphatic carbocycles. The van der Waals surface area contributed by atoms with Crippen molar-refractivity contribution in [2.45, 2.75) is 31.2 Å². The van der Waals surface area contributed by atoms with Crippen molar-refractivity contribution in [1.82, 2.24) is 19.9 Å². The maximum atomic E-state index is 13.1. The first kappa shape index (κ1) is 17.6. The van der Waals surface area contributed by atoms with E-state index >= 15 is 0 Å². The highest BCUT2D eigenvalue weighted by molar-refractivity contribution is 5.98. The SMILES string of the molecule is COc1ccc(C(=O)N2CCC(n3cc(C4CC4)nn3)C2)c(OC)c1OC. The summed E-state index contributed by atoms with van der Waals surface area (Å²) in [6.07, 6.45) is 5.29. The first-order valence-corrected chi connectivity index (χ1v) is 9.16. The average molecular weight is 372 g/mol. The summed E-state index contributed by atoms with van der Waals surface area (Å²) in [5, 5.41) is 8.56. The normalized spacial score (nSPS) is 19.2. The van der Waals surface area contributed by atoms with E-state index < -0.39 is 0 Å². The van der Waals surface area contributed by atoms with E-state index in [1.807, 2.05) is 15.8 Å². The van der Waals surface area contributed by atoms with Gasteiger partial charge in [-0.15, -0.1) is 5.10 Å². The fourth-order valence-electron chi connectivity index (χ4n) is 3.62. The van der Waals surface area contributed by atoms with Gasteiger partial charge in [-0.2, -0.15) is 0 Å². The van der Waals surface area contributed by atoms with Gasteiger partial charge in [0.05, 0.1) is 38.6 Å². The predicted molar refractivity (Wildman–Crippen MR) is 97.7 cm³/mol. The molecule has 1 aliphatic heterocycles.